The summed E-state index contributed by atoms with van der Waals surface area (Å²) in [7, 11) is 0. The minimum Gasteiger partial charge on any atom is -0.494 e. The van der Waals surface area contributed by atoms with Crippen molar-refractivity contribution in [1.29, 1.82) is 0 Å². The van der Waals surface area contributed by atoms with Crippen LogP contribution in [0.25, 0.3) is 0 Å². The number of nitrogens with zero attached hydrogens (tertiary/aromatic N) is 1. The van der Waals surface area contributed by atoms with Gasteiger partial charge in [0.25, 0.3) is 0 Å². The van der Waals surface area contributed by atoms with E-state index in [-0.39, 0.29) is 23.8 Å². The number of rotatable bonds is 6. The summed E-state index contributed by atoms with van der Waals surface area (Å²) < 4.78 is 5.42. The molecule has 1 aliphatic heterocycles. The highest BCUT2D eigenvalue weighted by Gasteiger charge is 2.51. The van der Waals surface area contributed by atoms with Gasteiger partial charge in [0.05, 0.1) is 12.1 Å². The van der Waals surface area contributed by atoms with Crippen LogP contribution in [0.4, 0.5) is 5.69 Å². The number of aliphatic imine (C=N–C) groups is 1. The fraction of sp³-hybridized carbons (Fsp3) is 0.609. The lowest BCUT2D eigenvalue weighted by Crippen LogP contribution is -2.50. The lowest BCUT2D eigenvalue weighted by Gasteiger charge is -2.55. The number of benzene rings is 1. The van der Waals surface area contributed by atoms with E-state index in [1.54, 1.807) is 0 Å². The second kappa shape index (κ2) is 7.91. The van der Waals surface area contributed by atoms with E-state index < -0.39 is 5.25 Å². The van der Waals surface area contributed by atoms with Gasteiger partial charge in [-0.25, -0.2) is 0 Å². The fourth-order valence-electron chi connectivity index (χ4n) is 6.19. The Morgan fingerprint density at radius 1 is 1.17 bits per heavy atom. The average molecular weight is 428 g/mol. The number of nitrogens with one attached hydrogen (secondary N) is 2. The molecule has 1 aromatic carbocycles. The Kier molecular flexibility index (Phi) is 5.25. The first-order chi connectivity index (χ1) is 14.5. The number of amides is 2. The zero-order valence-electron chi connectivity index (χ0n) is 17.4. The van der Waals surface area contributed by atoms with Crippen LogP contribution < -0.4 is 15.4 Å². The maximum Gasteiger partial charge on any atom is 0.240 e. The third-order valence-electron chi connectivity index (χ3n) is 6.94. The molecule has 0 aromatic heterocycles. The van der Waals surface area contributed by atoms with Crippen molar-refractivity contribution >= 4 is 34.4 Å². The van der Waals surface area contributed by atoms with Crippen LogP contribution in [0, 0.1) is 17.8 Å². The summed E-state index contributed by atoms with van der Waals surface area (Å²) in [6.07, 6.45) is 7.77. The molecule has 0 radical (unpaired) electrons. The monoisotopic (exact) mass is 427 g/mol. The summed E-state index contributed by atoms with van der Waals surface area (Å²) in [5.41, 5.74) is 0.735. The molecule has 4 bridgehead atoms. The van der Waals surface area contributed by atoms with Crippen LogP contribution in [0.3, 0.4) is 0 Å². The fourth-order valence-corrected chi connectivity index (χ4v) is 7.27. The van der Waals surface area contributed by atoms with Gasteiger partial charge in [-0.2, -0.15) is 0 Å². The predicted octanol–water partition coefficient (Wildman–Crippen LogP) is 3.97. The van der Waals surface area contributed by atoms with Crippen molar-refractivity contribution in [3.63, 3.8) is 0 Å². The van der Waals surface area contributed by atoms with Crippen molar-refractivity contribution in [2.75, 3.05) is 11.9 Å². The van der Waals surface area contributed by atoms with Crippen molar-refractivity contribution in [1.82, 2.24) is 5.32 Å². The second-order valence-electron chi connectivity index (χ2n) is 9.36. The molecule has 4 aliphatic carbocycles. The standard InChI is InChI=1S/C23H29N3O3S/c1-2-29-18-5-3-17(4-6-18)24-20(27)10-19-21(28)25-22(30-19)26-23-11-14-7-15(12-23)9-16(8-14)13-23/h3-6,14-16,19H,2,7-13H2,1H3,(H,24,27)(H,25,26,28). The predicted molar refractivity (Wildman–Crippen MR) is 119 cm³/mol. The summed E-state index contributed by atoms with van der Waals surface area (Å²) in [6, 6.07) is 7.27. The quantitative estimate of drug-likeness (QED) is 0.720. The Bertz CT molecular complexity index is 832. The molecule has 2 amide bonds. The Hall–Kier alpha value is -2.02. The van der Waals surface area contributed by atoms with Crippen molar-refractivity contribution in [3.8, 4) is 5.75 Å². The molecule has 1 heterocycles. The summed E-state index contributed by atoms with van der Waals surface area (Å²) in [4.78, 5) is 30.0. The SMILES string of the molecule is CCOc1ccc(NC(=O)CC2SC(=NC34CC5CC(CC(C5)C3)C4)NC2=O)cc1. The highest BCUT2D eigenvalue weighted by atomic mass is 32.2. The van der Waals surface area contributed by atoms with E-state index in [1.165, 1.54) is 50.3 Å². The molecule has 160 valence electrons. The summed E-state index contributed by atoms with van der Waals surface area (Å²) in [5, 5.41) is 6.13. The molecule has 7 heteroatoms. The highest BCUT2D eigenvalue weighted by Crippen LogP contribution is 2.57. The molecule has 30 heavy (non-hydrogen) atoms. The zero-order chi connectivity index (χ0) is 20.7. The topological polar surface area (TPSA) is 79.8 Å². The van der Waals surface area contributed by atoms with Crippen LogP contribution in [-0.2, 0) is 9.59 Å². The first-order valence-corrected chi connectivity index (χ1v) is 12.0. The number of amidine groups is 1. The van der Waals surface area contributed by atoms with Gasteiger partial charge in [-0.1, -0.05) is 11.8 Å². The smallest absolute Gasteiger partial charge is 0.240 e. The number of carbonyl (C=O) groups excluding carboxylic acids is 2. The number of ether oxygens (including phenoxy) is 1. The first-order valence-electron chi connectivity index (χ1n) is 11.1. The van der Waals surface area contributed by atoms with Crippen LogP contribution in [0.1, 0.15) is 51.9 Å². The Morgan fingerprint density at radius 3 is 2.40 bits per heavy atom. The third-order valence-corrected chi connectivity index (χ3v) is 8.02. The minimum absolute atomic E-state index is 0.0316. The second-order valence-corrected chi connectivity index (χ2v) is 10.6. The van der Waals surface area contributed by atoms with Gasteiger partial charge in [0, 0.05) is 12.1 Å². The van der Waals surface area contributed by atoms with E-state index >= 15 is 0 Å². The molecule has 6 rings (SSSR count). The number of hydrogen-bond donors (Lipinski definition) is 2. The summed E-state index contributed by atoms with van der Waals surface area (Å²) in [6.45, 7) is 2.54. The molecular formula is C23H29N3O3S. The van der Waals surface area contributed by atoms with Gasteiger partial charge in [-0.05, 0) is 87.5 Å². The molecule has 1 unspecified atom stereocenters. The van der Waals surface area contributed by atoms with Gasteiger partial charge >= 0.3 is 0 Å². The van der Waals surface area contributed by atoms with E-state index in [9.17, 15) is 9.59 Å². The molecule has 4 saturated carbocycles. The molecule has 2 N–H and O–H groups in total. The number of anilines is 1. The summed E-state index contributed by atoms with van der Waals surface area (Å²) in [5.74, 6) is 2.95. The van der Waals surface area contributed by atoms with E-state index in [0.717, 1.165) is 28.7 Å². The van der Waals surface area contributed by atoms with E-state index in [1.807, 2.05) is 31.2 Å². The Balaban J connectivity index is 1.19. The Morgan fingerprint density at radius 2 is 1.80 bits per heavy atom. The van der Waals surface area contributed by atoms with Crippen molar-refractivity contribution in [2.24, 2.45) is 22.7 Å². The lowest BCUT2D eigenvalue weighted by atomic mass is 9.53. The molecule has 6 nitrogen and oxygen atoms in total. The third kappa shape index (κ3) is 4.09. The first kappa shape index (κ1) is 19.9. The van der Waals surface area contributed by atoms with E-state index in [0.29, 0.717) is 12.3 Å². The van der Waals surface area contributed by atoms with Gasteiger partial charge in [0.1, 0.15) is 11.0 Å². The molecule has 1 atom stereocenters. The van der Waals surface area contributed by atoms with Crippen LogP contribution in [0.2, 0.25) is 0 Å². The molecular weight excluding hydrogens is 398 g/mol. The molecule has 1 aromatic rings. The molecule has 0 spiro atoms. The molecule has 1 saturated heterocycles. The lowest BCUT2D eigenvalue weighted by molar-refractivity contribution is -0.122. The van der Waals surface area contributed by atoms with Gasteiger partial charge < -0.3 is 15.4 Å². The minimum atomic E-state index is -0.416. The van der Waals surface area contributed by atoms with Crippen molar-refractivity contribution in [3.05, 3.63) is 24.3 Å². The van der Waals surface area contributed by atoms with Gasteiger partial charge in [0.2, 0.25) is 11.8 Å². The van der Waals surface area contributed by atoms with Crippen molar-refractivity contribution in [2.45, 2.75) is 62.7 Å². The molecule has 5 aliphatic rings. The number of thioether (sulfide) groups is 1. The number of hydrogen-bond acceptors (Lipinski definition) is 5. The van der Waals surface area contributed by atoms with Gasteiger partial charge in [0.15, 0.2) is 5.17 Å². The van der Waals surface area contributed by atoms with Crippen LogP contribution >= 0.6 is 11.8 Å². The van der Waals surface area contributed by atoms with E-state index in [2.05, 4.69) is 10.6 Å². The van der Waals surface area contributed by atoms with Crippen LogP contribution in [0.5, 0.6) is 5.75 Å². The molecule has 5 fully saturated rings. The van der Waals surface area contributed by atoms with Crippen LogP contribution in [-0.4, -0.2) is 34.4 Å². The summed E-state index contributed by atoms with van der Waals surface area (Å²) >= 11 is 1.42. The van der Waals surface area contributed by atoms with Crippen molar-refractivity contribution < 1.29 is 14.3 Å². The normalized spacial score (nSPS) is 35.5. The largest absolute Gasteiger partial charge is 0.494 e. The van der Waals surface area contributed by atoms with Gasteiger partial charge in [-0.3, -0.25) is 14.6 Å². The van der Waals surface area contributed by atoms with Gasteiger partial charge in [-0.15, -0.1) is 0 Å². The number of carbonyl (C=O) groups is 2. The maximum atomic E-state index is 12.5. The maximum absolute atomic E-state index is 12.5. The average Bonchev–Trinajstić information content (AvgIpc) is 3.00. The zero-order valence-corrected chi connectivity index (χ0v) is 18.2. The Labute approximate surface area is 181 Å². The van der Waals surface area contributed by atoms with Crippen LogP contribution in [0.15, 0.2) is 29.3 Å². The highest BCUT2D eigenvalue weighted by molar-refractivity contribution is 8.15. The van der Waals surface area contributed by atoms with E-state index in [4.69, 9.17) is 9.73 Å².